The second-order valence-corrected chi connectivity index (χ2v) is 7.57. The molecule has 0 aliphatic heterocycles. The van der Waals surface area contributed by atoms with Gasteiger partial charge in [-0.05, 0) is 49.2 Å². The first-order valence-electron chi connectivity index (χ1n) is 8.89. The molecule has 28 heavy (non-hydrogen) atoms. The zero-order valence-electron chi connectivity index (χ0n) is 15.1. The van der Waals surface area contributed by atoms with Crippen molar-refractivity contribution in [2.45, 2.75) is 38.1 Å². The number of fused-ring (bicyclic) bond motifs is 1. The Bertz CT molecular complexity index is 977. The van der Waals surface area contributed by atoms with Gasteiger partial charge in [-0.15, -0.1) is 24.8 Å². The molecule has 0 amide bonds. The van der Waals surface area contributed by atoms with E-state index in [4.69, 9.17) is 33.9 Å². The Morgan fingerprint density at radius 3 is 2.46 bits per heavy atom. The summed E-state index contributed by atoms with van der Waals surface area (Å²) in [4.78, 5) is 12.7. The van der Waals surface area contributed by atoms with E-state index in [2.05, 4.69) is 9.97 Å². The Morgan fingerprint density at radius 1 is 1.00 bits per heavy atom. The Labute approximate surface area is 186 Å². The molecular weight excluding hydrogens is 438 g/mol. The number of aliphatic imine (C=N–C) groups is 1. The SMILES string of the molecule is Cl.Cl.NC(=NC1CCCCC1)c1ccc2nc(-c3ccc(Cl)c(Cl)c3)[nH]c2c1. The van der Waals surface area contributed by atoms with E-state index < -0.39 is 0 Å². The van der Waals surface area contributed by atoms with Crippen LogP contribution in [-0.2, 0) is 0 Å². The van der Waals surface area contributed by atoms with Crippen molar-refractivity contribution in [1.29, 1.82) is 0 Å². The molecule has 3 N–H and O–H groups in total. The van der Waals surface area contributed by atoms with Crippen LogP contribution < -0.4 is 5.73 Å². The standard InChI is InChI=1S/C20H20Cl2N4.2ClH/c21-15-8-6-13(10-16(15)22)20-25-17-9-7-12(11-18(17)26-20)19(23)24-14-4-2-1-3-5-14;;/h6-11,14H,1-5H2,(H2,23,24)(H,25,26);2*1H. The number of halogens is 4. The normalized spacial score (nSPS) is 15.1. The van der Waals surface area contributed by atoms with E-state index in [9.17, 15) is 0 Å². The lowest BCUT2D eigenvalue weighted by Gasteiger charge is -2.18. The summed E-state index contributed by atoms with van der Waals surface area (Å²) < 4.78 is 0. The summed E-state index contributed by atoms with van der Waals surface area (Å²) in [6, 6.07) is 11.8. The summed E-state index contributed by atoms with van der Waals surface area (Å²) in [5.74, 6) is 1.35. The topological polar surface area (TPSA) is 67.1 Å². The number of benzene rings is 2. The lowest BCUT2D eigenvalue weighted by molar-refractivity contribution is 0.443. The fourth-order valence-electron chi connectivity index (χ4n) is 3.43. The molecule has 0 saturated heterocycles. The molecule has 0 spiro atoms. The minimum Gasteiger partial charge on any atom is -0.383 e. The number of rotatable bonds is 3. The molecule has 4 nitrogen and oxygen atoms in total. The third kappa shape index (κ3) is 4.93. The Balaban J connectivity index is 0.00000140. The van der Waals surface area contributed by atoms with Crippen molar-refractivity contribution in [3.63, 3.8) is 0 Å². The van der Waals surface area contributed by atoms with Gasteiger partial charge in [0, 0.05) is 11.1 Å². The number of H-pyrrole nitrogens is 1. The van der Waals surface area contributed by atoms with Crippen LogP contribution in [0.5, 0.6) is 0 Å². The average molecular weight is 460 g/mol. The molecule has 1 aromatic heterocycles. The fraction of sp³-hybridized carbons (Fsp3) is 0.300. The molecule has 3 aromatic rings. The Morgan fingerprint density at radius 2 is 1.75 bits per heavy atom. The van der Waals surface area contributed by atoms with Gasteiger partial charge in [-0.1, -0.05) is 42.5 Å². The molecule has 1 saturated carbocycles. The maximum atomic E-state index is 6.25. The molecule has 2 aromatic carbocycles. The van der Waals surface area contributed by atoms with E-state index in [1.54, 1.807) is 12.1 Å². The number of amidine groups is 1. The quantitative estimate of drug-likeness (QED) is 0.350. The van der Waals surface area contributed by atoms with Crippen LogP contribution in [0, 0.1) is 0 Å². The van der Waals surface area contributed by atoms with E-state index in [0.717, 1.165) is 40.8 Å². The number of aromatic nitrogens is 2. The molecule has 8 heteroatoms. The largest absolute Gasteiger partial charge is 0.383 e. The second kappa shape index (κ2) is 9.84. The van der Waals surface area contributed by atoms with Gasteiger partial charge in [0.2, 0.25) is 0 Å². The van der Waals surface area contributed by atoms with Gasteiger partial charge in [0.1, 0.15) is 11.7 Å². The number of nitrogens with one attached hydrogen (secondary N) is 1. The minimum atomic E-state index is 0. The van der Waals surface area contributed by atoms with Gasteiger partial charge in [-0.25, -0.2) is 4.98 Å². The predicted molar refractivity (Wildman–Crippen MR) is 124 cm³/mol. The fourth-order valence-corrected chi connectivity index (χ4v) is 3.73. The maximum Gasteiger partial charge on any atom is 0.138 e. The van der Waals surface area contributed by atoms with E-state index in [-0.39, 0.29) is 24.8 Å². The minimum absolute atomic E-state index is 0. The van der Waals surface area contributed by atoms with E-state index in [0.29, 0.717) is 21.9 Å². The zero-order chi connectivity index (χ0) is 18.1. The van der Waals surface area contributed by atoms with Crippen LogP contribution in [0.4, 0.5) is 0 Å². The van der Waals surface area contributed by atoms with Gasteiger partial charge in [0.05, 0.1) is 27.1 Å². The van der Waals surface area contributed by atoms with Crippen molar-refractivity contribution in [2.24, 2.45) is 10.7 Å². The predicted octanol–water partition coefficient (Wildman–Crippen LogP) is 6.42. The molecule has 1 aliphatic carbocycles. The molecule has 1 fully saturated rings. The van der Waals surface area contributed by atoms with Crippen LogP contribution in [0.25, 0.3) is 22.4 Å². The highest BCUT2D eigenvalue weighted by Gasteiger charge is 2.14. The highest BCUT2D eigenvalue weighted by molar-refractivity contribution is 6.42. The average Bonchev–Trinajstić information content (AvgIpc) is 3.08. The van der Waals surface area contributed by atoms with Gasteiger partial charge in [-0.2, -0.15) is 0 Å². The first-order chi connectivity index (χ1) is 12.6. The van der Waals surface area contributed by atoms with Gasteiger partial charge < -0.3 is 10.7 Å². The number of aromatic amines is 1. The Hall–Kier alpha value is -1.46. The van der Waals surface area contributed by atoms with Crippen molar-refractivity contribution in [3.05, 3.63) is 52.0 Å². The van der Waals surface area contributed by atoms with Crippen LogP contribution in [0.15, 0.2) is 41.4 Å². The number of imidazole rings is 1. The van der Waals surface area contributed by atoms with Crippen molar-refractivity contribution in [3.8, 4) is 11.4 Å². The van der Waals surface area contributed by atoms with Crippen LogP contribution in [0.3, 0.4) is 0 Å². The number of nitrogens with zero attached hydrogens (tertiary/aromatic N) is 2. The van der Waals surface area contributed by atoms with Gasteiger partial charge >= 0.3 is 0 Å². The van der Waals surface area contributed by atoms with Crippen molar-refractivity contribution in [2.75, 3.05) is 0 Å². The highest BCUT2D eigenvalue weighted by atomic mass is 35.5. The van der Waals surface area contributed by atoms with E-state index in [1.807, 2.05) is 24.3 Å². The third-order valence-corrected chi connectivity index (χ3v) is 5.61. The van der Waals surface area contributed by atoms with E-state index in [1.165, 1.54) is 19.3 Å². The first kappa shape index (κ1) is 22.8. The van der Waals surface area contributed by atoms with Crippen LogP contribution >= 0.6 is 48.0 Å². The van der Waals surface area contributed by atoms with Gasteiger partial charge in [-0.3, -0.25) is 4.99 Å². The van der Waals surface area contributed by atoms with Crippen molar-refractivity contribution >= 4 is 64.9 Å². The number of hydrogen-bond acceptors (Lipinski definition) is 2. The summed E-state index contributed by atoms with van der Waals surface area (Å²) in [5, 5.41) is 1.04. The third-order valence-electron chi connectivity index (χ3n) is 4.87. The smallest absolute Gasteiger partial charge is 0.138 e. The highest BCUT2D eigenvalue weighted by Crippen LogP contribution is 2.28. The molecule has 4 rings (SSSR count). The first-order valence-corrected chi connectivity index (χ1v) is 9.64. The van der Waals surface area contributed by atoms with Crippen LogP contribution in [0.2, 0.25) is 10.0 Å². The molecule has 150 valence electrons. The molecular formula is C20H22Cl4N4. The zero-order valence-corrected chi connectivity index (χ0v) is 18.3. The summed E-state index contributed by atoms with van der Waals surface area (Å²) >= 11 is 12.1. The van der Waals surface area contributed by atoms with Gasteiger partial charge in [0.25, 0.3) is 0 Å². The van der Waals surface area contributed by atoms with Crippen LogP contribution in [-0.4, -0.2) is 21.8 Å². The Kier molecular flexibility index (Phi) is 8.02. The summed E-state index contributed by atoms with van der Waals surface area (Å²) in [5.41, 5.74) is 9.87. The van der Waals surface area contributed by atoms with E-state index >= 15 is 0 Å². The van der Waals surface area contributed by atoms with Crippen molar-refractivity contribution in [1.82, 2.24) is 9.97 Å². The number of hydrogen-bond donors (Lipinski definition) is 2. The lowest BCUT2D eigenvalue weighted by Crippen LogP contribution is -2.19. The van der Waals surface area contributed by atoms with Gasteiger partial charge in [0.15, 0.2) is 0 Å². The molecule has 0 atom stereocenters. The lowest BCUT2D eigenvalue weighted by atomic mass is 9.96. The monoisotopic (exact) mass is 458 g/mol. The van der Waals surface area contributed by atoms with Crippen LogP contribution in [0.1, 0.15) is 37.7 Å². The molecule has 0 bridgehead atoms. The summed E-state index contributed by atoms with van der Waals surface area (Å²) in [7, 11) is 0. The molecule has 1 aliphatic rings. The summed E-state index contributed by atoms with van der Waals surface area (Å²) in [6.07, 6.45) is 6.06. The van der Waals surface area contributed by atoms with Crippen molar-refractivity contribution < 1.29 is 0 Å². The second-order valence-electron chi connectivity index (χ2n) is 6.75. The number of nitrogens with two attached hydrogens (primary N) is 1. The maximum absolute atomic E-state index is 6.25. The summed E-state index contributed by atoms with van der Waals surface area (Å²) in [6.45, 7) is 0. The molecule has 0 unspecified atom stereocenters. The molecule has 1 heterocycles. The molecule has 0 radical (unpaired) electrons.